The Morgan fingerprint density at radius 3 is 2.19 bits per heavy atom. The van der Waals surface area contributed by atoms with E-state index in [0.717, 1.165) is 70.9 Å². The third-order valence-electron chi connectivity index (χ3n) is 6.70. The lowest BCUT2D eigenvalue weighted by Crippen LogP contribution is -2.29. The number of hydrogen-bond donors (Lipinski definition) is 2. The summed E-state index contributed by atoms with van der Waals surface area (Å²) in [4.78, 5) is 12.6. The van der Waals surface area contributed by atoms with Crippen molar-refractivity contribution in [2.45, 2.75) is 85.9 Å². The number of allylic oxidation sites excluding steroid dienone is 2. The van der Waals surface area contributed by atoms with Crippen molar-refractivity contribution in [3.63, 3.8) is 0 Å². The van der Waals surface area contributed by atoms with Crippen molar-refractivity contribution in [2.75, 3.05) is 11.0 Å². The van der Waals surface area contributed by atoms with Gasteiger partial charge < -0.3 is 9.84 Å². The third-order valence-corrected chi connectivity index (χ3v) is 7.28. The van der Waals surface area contributed by atoms with Crippen LogP contribution in [-0.2, 0) is 19.6 Å². The molecule has 3 rings (SSSR count). The first-order valence-electron chi connectivity index (χ1n) is 12.4. The lowest BCUT2D eigenvalue weighted by atomic mass is 9.79. The van der Waals surface area contributed by atoms with E-state index in [1.54, 1.807) is 6.92 Å². The molecule has 0 aromatic heterocycles. The van der Waals surface area contributed by atoms with Crippen molar-refractivity contribution in [2.24, 2.45) is 0 Å². The second kappa shape index (κ2) is 10.4. The van der Waals surface area contributed by atoms with Gasteiger partial charge in [-0.3, -0.25) is 4.72 Å². The van der Waals surface area contributed by atoms with Crippen LogP contribution in [0.4, 0.5) is 5.69 Å². The molecule has 0 amide bonds. The monoisotopic (exact) mass is 513 g/mol. The second-order valence-corrected chi connectivity index (χ2v) is 12.6. The number of carbonyl (C=O) groups is 1. The van der Waals surface area contributed by atoms with E-state index in [4.69, 9.17) is 4.74 Å². The molecule has 0 saturated heterocycles. The van der Waals surface area contributed by atoms with Crippen LogP contribution in [-0.4, -0.2) is 31.4 Å². The molecular formula is C29H39NO5S. The number of carboxylic acids is 1. The number of anilines is 1. The highest BCUT2D eigenvalue weighted by molar-refractivity contribution is 7.92. The fourth-order valence-corrected chi connectivity index (χ4v) is 5.61. The van der Waals surface area contributed by atoms with Crippen LogP contribution in [0.25, 0.3) is 16.7 Å². The summed E-state index contributed by atoms with van der Waals surface area (Å²) in [5.41, 5.74) is 7.45. The fraction of sp³-hybridized carbons (Fsp3) is 0.483. The molecule has 1 aliphatic carbocycles. The van der Waals surface area contributed by atoms with Crippen LogP contribution < -0.4 is 4.72 Å². The van der Waals surface area contributed by atoms with Crippen LogP contribution in [0.3, 0.4) is 0 Å². The Labute approximate surface area is 215 Å². The maximum absolute atomic E-state index is 12.6. The van der Waals surface area contributed by atoms with Gasteiger partial charge >= 0.3 is 5.97 Å². The first-order chi connectivity index (χ1) is 16.6. The lowest BCUT2D eigenvalue weighted by molar-refractivity contribution is -0.160. The van der Waals surface area contributed by atoms with Gasteiger partial charge in [0.2, 0.25) is 10.0 Å². The molecular weight excluding hydrogens is 474 g/mol. The second-order valence-electron chi connectivity index (χ2n) is 10.9. The van der Waals surface area contributed by atoms with Crippen molar-refractivity contribution in [1.29, 1.82) is 0 Å². The van der Waals surface area contributed by atoms with Gasteiger partial charge in [0.1, 0.15) is 0 Å². The SMILES string of the molecule is Cc1ccc(-c2c(C)c(C3=CCCCC3)c(C(OC(C)(C)C)C(=O)O)c(C)c2NS(C)(=O)=O)cc1C. The molecule has 6 nitrogen and oxygen atoms in total. The zero-order valence-electron chi connectivity index (χ0n) is 22.7. The quantitative estimate of drug-likeness (QED) is 0.422. The van der Waals surface area contributed by atoms with E-state index in [1.807, 2.05) is 53.7 Å². The van der Waals surface area contributed by atoms with Gasteiger partial charge in [-0.05, 0) is 113 Å². The molecule has 1 aliphatic rings. The summed E-state index contributed by atoms with van der Waals surface area (Å²) < 4.78 is 33.9. The largest absolute Gasteiger partial charge is 0.479 e. The van der Waals surface area contributed by atoms with Gasteiger partial charge in [0.05, 0.1) is 17.5 Å². The lowest BCUT2D eigenvalue weighted by Gasteiger charge is -2.32. The molecule has 2 aromatic carbocycles. The number of rotatable bonds is 7. The minimum atomic E-state index is -3.65. The van der Waals surface area contributed by atoms with Gasteiger partial charge in [-0.25, -0.2) is 13.2 Å². The minimum Gasteiger partial charge on any atom is -0.479 e. The van der Waals surface area contributed by atoms with E-state index < -0.39 is 27.7 Å². The topological polar surface area (TPSA) is 92.7 Å². The Balaban J connectivity index is 2.51. The molecule has 0 spiro atoms. The van der Waals surface area contributed by atoms with Crippen LogP contribution in [0.5, 0.6) is 0 Å². The molecule has 0 saturated carbocycles. The molecule has 0 heterocycles. The van der Waals surface area contributed by atoms with Gasteiger partial charge in [-0.1, -0.05) is 24.3 Å². The first-order valence-corrected chi connectivity index (χ1v) is 14.3. The van der Waals surface area contributed by atoms with Crippen LogP contribution in [0.1, 0.15) is 85.9 Å². The summed E-state index contributed by atoms with van der Waals surface area (Å²) in [7, 11) is -3.65. The van der Waals surface area contributed by atoms with Crippen LogP contribution in [0.2, 0.25) is 0 Å². The molecule has 1 unspecified atom stereocenters. The summed E-state index contributed by atoms with van der Waals surface area (Å²) in [5, 5.41) is 10.3. The molecule has 196 valence electrons. The summed E-state index contributed by atoms with van der Waals surface area (Å²) in [5.74, 6) is -1.10. The van der Waals surface area contributed by atoms with Crippen LogP contribution in [0.15, 0.2) is 24.3 Å². The van der Waals surface area contributed by atoms with E-state index in [0.29, 0.717) is 16.8 Å². The maximum Gasteiger partial charge on any atom is 0.337 e. The zero-order valence-corrected chi connectivity index (χ0v) is 23.5. The van der Waals surface area contributed by atoms with E-state index in [-0.39, 0.29) is 0 Å². The number of aryl methyl sites for hydroxylation is 2. The van der Waals surface area contributed by atoms with E-state index >= 15 is 0 Å². The average molecular weight is 514 g/mol. The fourth-order valence-electron chi connectivity index (χ4n) is 4.99. The highest BCUT2D eigenvalue weighted by atomic mass is 32.2. The normalized spacial score (nSPS) is 15.4. The predicted molar refractivity (Wildman–Crippen MR) is 147 cm³/mol. The minimum absolute atomic E-state index is 0.400. The van der Waals surface area contributed by atoms with Gasteiger partial charge in [-0.2, -0.15) is 0 Å². The van der Waals surface area contributed by atoms with Crippen LogP contribution in [0, 0.1) is 27.7 Å². The average Bonchev–Trinajstić information content (AvgIpc) is 2.75. The standard InChI is InChI=1S/C29H39NO5S/c1-17-14-15-22(16-18(17)2)24-19(3)23(21-12-10-9-11-13-21)25(20(4)26(24)30-36(8,33)34)27(28(31)32)35-29(5,6)7/h12,14-16,27,30H,9-11,13H2,1-8H3,(H,31,32). The molecule has 0 aliphatic heterocycles. The highest BCUT2D eigenvalue weighted by Crippen LogP contribution is 2.47. The Hall–Kier alpha value is -2.64. The van der Waals surface area contributed by atoms with Crippen molar-refractivity contribution in [3.05, 3.63) is 57.7 Å². The summed E-state index contributed by atoms with van der Waals surface area (Å²) in [6, 6.07) is 6.08. The van der Waals surface area contributed by atoms with Crippen molar-refractivity contribution < 1.29 is 23.1 Å². The molecule has 2 N–H and O–H groups in total. The van der Waals surface area contributed by atoms with Gasteiger partial charge in [-0.15, -0.1) is 0 Å². The number of nitrogens with one attached hydrogen (secondary N) is 1. The highest BCUT2D eigenvalue weighted by Gasteiger charge is 2.35. The molecule has 2 aromatic rings. The third kappa shape index (κ3) is 6.19. The van der Waals surface area contributed by atoms with Crippen molar-refractivity contribution in [3.8, 4) is 11.1 Å². The summed E-state index contributed by atoms with van der Waals surface area (Å²) in [6.45, 7) is 13.3. The number of sulfonamides is 1. The zero-order chi connectivity index (χ0) is 27.0. The van der Waals surface area contributed by atoms with Gasteiger partial charge in [0.15, 0.2) is 6.10 Å². The Kier molecular flexibility index (Phi) is 8.06. The predicted octanol–water partition coefficient (Wildman–Crippen LogP) is 6.86. The van der Waals surface area contributed by atoms with E-state index in [2.05, 4.69) is 16.9 Å². The summed E-state index contributed by atoms with van der Waals surface area (Å²) in [6.07, 6.45) is 5.92. The summed E-state index contributed by atoms with van der Waals surface area (Å²) >= 11 is 0. The molecule has 7 heteroatoms. The van der Waals surface area contributed by atoms with Crippen LogP contribution >= 0.6 is 0 Å². The van der Waals surface area contributed by atoms with Crippen molar-refractivity contribution in [1.82, 2.24) is 0 Å². The smallest absolute Gasteiger partial charge is 0.337 e. The van der Waals surface area contributed by atoms with E-state index in [1.165, 1.54) is 0 Å². The van der Waals surface area contributed by atoms with Crippen molar-refractivity contribution >= 4 is 27.3 Å². The van der Waals surface area contributed by atoms with Gasteiger partial charge in [0, 0.05) is 11.1 Å². The Bertz CT molecular complexity index is 1320. The maximum atomic E-state index is 12.6. The Morgan fingerprint density at radius 1 is 1.03 bits per heavy atom. The van der Waals surface area contributed by atoms with Gasteiger partial charge in [0.25, 0.3) is 0 Å². The molecule has 0 bridgehead atoms. The molecule has 0 fully saturated rings. The number of benzene rings is 2. The number of aliphatic carboxylic acids is 1. The molecule has 0 radical (unpaired) electrons. The molecule has 36 heavy (non-hydrogen) atoms. The number of carboxylic acid groups (broad SMARTS) is 1. The molecule has 1 atom stereocenters. The number of hydrogen-bond acceptors (Lipinski definition) is 4. The first kappa shape index (κ1) is 27.9. The van der Waals surface area contributed by atoms with E-state index in [9.17, 15) is 18.3 Å². The number of ether oxygens (including phenoxy) is 1. The Morgan fingerprint density at radius 2 is 1.69 bits per heavy atom.